The lowest BCUT2D eigenvalue weighted by Crippen LogP contribution is -2.14. The molecule has 0 radical (unpaired) electrons. The van der Waals surface area contributed by atoms with Gasteiger partial charge in [-0.2, -0.15) is 0 Å². The second-order valence-electron chi connectivity index (χ2n) is 6.66. The van der Waals surface area contributed by atoms with Gasteiger partial charge in [-0.3, -0.25) is 9.20 Å². The monoisotopic (exact) mass is 380 g/mol. The number of rotatable bonds is 4. The quantitative estimate of drug-likeness (QED) is 0.530. The molecule has 1 aromatic carbocycles. The van der Waals surface area contributed by atoms with Gasteiger partial charge in [0.2, 0.25) is 5.91 Å². The van der Waals surface area contributed by atoms with Gasteiger partial charge in [-0.25, -0.2) is 0 Å². The van der Waals surface area contributed by atoms with Gasteiger partial charge in [0.1, 0.15) is 16.6 Å². The van der Waals surface area contributed by atoms with Crippen molar-refractivity contribution in [3.63, 3.8) is 0 Å². The van der Waals surface area contributed by atoms with Crippen LogP contribution in [0.25, 0.3) is 16.6 Å². The molecule has 27 heavy (non-hydrogen) atoms. The van der Waals surface area contributed by atoms with Crippen molar-refractivity contribution >= 4 is 40.0 Å². The normalized spacial score (nSPS) is 11.4. The molecule has 1 amide bonds. The van der Waals surface area contributed by atoms with Crippen LogP contribution in [0.1, 0.15) is 22.7 Å². The molecule has 0 atom stereocenters. The molecule has 4 aromatic rings. The Hall–Kier alpha value is -2.80. The molecule has 138 valence electrons. The number of aryl methyl sites for hydroxylation is 4. The molecule has 0 fully saturated rings. The van der Waals surface area contributed by atoms with Crippen LogP contribution in [-0.2, 0) is 4.79 Å². The molecule has 1 N–H and O–H groups in total. The minimum atomic E-state index is -0.0742. The second-order valence-corrected chi connectivity index (χ2v) is 7.62. The maximum atomic E-state index is 12.3. The van der Waals surface area contributed by atoms with E-state index >= 15 is 0 Å². The molecule has 0 unspecified atom stereocenters. The van der Waals surface area contributed by atoms with E-state index in [-0.39, 0.29) is 11.7 Å². The van der Waals surface area contributed by atoms with E-state index in [4.69, 9.17) is 4.42 Å². The Morgan fingerprint density at radius 2 is 1.89 bits per heavy atom. The van der Waals surface area contributed by atoms with Gasteiger partial charge in [0, 0.05) is 17.8 Å². The van der Waals surface area contributed by atoms with E-state index < -0.39 is 0 Å². The van der Waals surface area contributed by atoms with E-state index in [1.807, 2.05) is 62.4 Å². The summed E-state index contributed by atoms with van der Waals surface area (Å²) < 4.78 is 7.74. The summed E-state index contributed by atoms with van der Waals surface area (Å²) in [6.07, 6.45) is 0. The number of furan rings is 1. The van der Waals surface area contributed by atoms with Crippen LogP contribution >= 0.6 is 11.8 Å². The highest BCUT2D eigenvalue weighted by Crippen LogP contribution is 2.29. The first kappa shape index (κ1) is 17.6. The molecule has 0 aliphatic carbocycles. The summed E-state index contributed by atoms with van der Waals surface area (Å²) >= 11 is 1.37. The van der Waals surface area contributed by atoms with Crippen LogP contribution in [0, 0.1) is 27.7 Å². The van der Waals surface area contributed by atoms with Crippen molar-refractivity contribution < 1.29 is 9.21 Å². The maximum absolute atomic E-state index is 12.3. The summed E-state index contributed by atoms with van der Waals surface area (Å²) in [6, 6.07) is 9.83. The van der Waals surface area contributed by atoms with Crippen LogP contribution in [0.15, 0.2) is 39.8 Å². The number of benzene rings is 1. The first-order valence-corrected chi connectivity index (χ1v) is 9.66. The summed E-state index contributed by atoms with van der Waals surface area (Å²) in [6.45, 7) is 7.90. The van der Waals surface area contributed by atoms with Crippen molar-refractivity contribution in [2.24, 2.45) is 0 Å². The lowest BCUT2D eigenvalue weighted by Gasteiger charge is -2.08. The lowest BCUT2D eigenvalue weighted by molar-refractivity contribution is -0.113. The molecule has 0 saturated heterocycles. The molecule has 0 spiro atoms. The SMILES string of the molecule is Cc1cc2c(cc3c(SCC(=O)Nc4ccc(C)c(C)c4)nnc(C)n32)o1. The molecule has 6 nitrogen and oxygen atoms in total. The van der Waals surface area contributed by atoms with Crippen LogP contribution in [-0.4, -0.2) is 26.3 Å². The topological polar surface area (TPSA) is 72.4 Å². The third-order valence-corrected chi connectivity index (χ3v) is 5.54. The first-order valence-electron chi connectivity index (χ1n) is 8.67. The van der Waals surface area contributed by atoms with E-state index in [0.717, 1.165) is 39.5 Å². The Balaban J connectivity index is 1.55. The zero-order valence-electron chi connectivity index (χ0n) is 15.7. The molecule has 0 aliphatic rings. The van der Waals surface area contributed by atoms with Crippen molar-refractivity contribution in [3.05, 3.63) is 53.0 Å². The standard InChI is InChI=1S/C20H20N4O2S/c1-11-5-6-15(7-12(11)2)21-19(25)10-27-20-17-9-18-16(8-13(3)26-18)24(17)14(4)22-23-20/h5-9H,10H2,1-4H3,(H,21,25). The van der Waals surface area contributed by atoms with Gasteiger partial charge >= 0.3 is 0 Å². The highest BCUT2D eigenvalue weighted by atomic mass is 32.2. The van der Waals surface area contributed by atoms with E-state index in [2.05, 4.69) is 15.5 Å². The summed E-state index contributed by atoms with van der Waals surface area (Å²) in [7, 11) is 0. The minimum absolute atomic E-state index is 0.0742. The number of thioether (sulfide) groups is 1. The predicted octanol–water partition coefficient (Wildman–Crippen LogP) is 4.44. The highest BCUT2D eigenvalue weighted by Gasteiger charge is 2.16. The third-order valence-electron chi connectivity index (χ3n) is 4.57. The molecular formula is C20H20N4O2S. The second kappa shape index (κ2) is 6.74. The zero-order valence-corrected chi connectivity index (χ0v) is 16.5. The number of hydrogen-bond acceptors (Lipinski definition) is 5. The molecule has 0 aliphatic heterocycles. The number of amides is 1. The Kier molecular flexibility index (Phi) is 4.39. The fourth-order valence-electron chi connectivity index (χ4n) is 3.09. The number of carbonyl (C=O) groups is 1. The number of aromatic nitrogens is 3. The number of nitrogens with zero attached hydrogens (tertiary/aromatic N) is 3. The summed E-state index contributed by atoms with van der Waals surface area (Å²) in [5, 5.41) is 12.2. The van der Waals surface area contributed by atoms with E-state index in [0.29, 0.717) is 5.03 Å². The van der Waals surface area contributed by atoms with Crippen molar-refractivity contribution in [2.75, 3.05) is 11.1 Å². The van der Waals surface area contributed by atoms with Crippen LogP contribution < -0.4 is 5.32 Å². The molecule has 0 saturated carbocycles. The van der Waals surface area contributed by atoms with E-state index in [1.165, 1.54) is 17.3 Å². The van der Waals surface area contributed by atoms with Gasteiger partial charge < -0.3 is 9.73 Å². The van der Waals surface area contributed by atoms with Crippen molar-refractivity contribution in [1.82, 2.24) is 14.6 Å². The van der Waals surface area contributed by atoms with Crippen LogP contribution in [0.4, 0.5) is 5.69 Å². The van der Waals surface area contributed by atoms with Crippen molar-refractivity contribution in [2.45, 2.75) is 32.7 Å². The van der Waals surface area contributed by atoms with Crippen LogP contribution in [0.3, 0.4) is 0 Å². The highest BCUT2D eigenvalue weighted by molar-refractivity contribution is 8.00. The van der Waals surface area contributed by atoms with Crippen molar-refractivity contribution in [1.29, 1.82) is 0 Å². The van der Waals surface area contributed by atoms with Gasteiger partial charge in [0.25, 0.3) is 0 Å². The number of carbonyl (C=O) groups excluding carboxylic acids is 1. The molecule has 7 heteroatoms. The van der Waals surface area contributed by atoms with Gasteiger partial charge in [-0.15, -0.1) is 10.2 Å². The number of hydrogen-bond donors (Lipinski definition) is 1. The Labute approximate surface area is 161 Å². The van der Waals surface area contributed by atoms with E-state index in [9.17, 15) is 4.79 Å². The van der Waals surface area contributed by atoms with Gasteiger partial charge in [-0.1, -0.05) is 17.8 Å². The lowest BCUT2D eigenvalue weighted by atomic mass is 10.1. The minimum Gasteiger partial charge on any atom is -0.460 e. The number of fused-ring (bicyclic) bond motifs is 3. The van der Waals surface area contributed by atoms with Gasteiger partial charge in [0.15, 0.2) is 5.58 Å². The Morgan fingerprint density at radius 3 is 2.67 bits per heavy atom. The van der Waals surface area contributed by atoms with Crippen molar-refractivity contribution in [3.8, 4) is 0 Å². The fourth-order valence-corrected chi connectivity index (χ4v) is 3.82. The molecule has 0 bridgehead atoms. The molecule has 4 rings (SSSR count). The number of nitrogens with one attached hydrogen (secondary N) is 1. The summed E-state index contributed by atoms with van der Waals surface area (Å²) in [5.41, 5.74) is 5.83. The Morgan fingerprint density at radius 1 is 1.07 bits per heavy atom. The van der Waals surface area contributed by atoms with E-state index in [1.54, 1.807) is 0 Å². The summed E-state index contributed by atoms with van der Waals surface area (Å²) in [5.74, 6) is 1.82. The summed E-state index contributed by atoms with van der Waals surface area (Å²) in [4.78, 5) is 12.3. The zero-order chi connectivity index (χ0) is 19.1. The smallest absolute Gasteiger partial charge is 0.234 e. The first-order chi connectivity index (χ1) is 12.9. The largest absolute Gasteiger partial charge is 0.460 e. The third kappa shape index (κ3) is 3.30. The molecule has 3 heterocycles. The fraction of sp³-hybridized carbons (Fsp3) is 0.250. The van der Waals surface area contributed by atoms with Gasteiger partial charge in [-0.05, 0) is 51.0 Å². The molecule has 3 aromatic heterocycles. The van der Waals surface area contributed by atoms with Crippen LogP contribution in [0.2, 0.25) is 0 Å². The van der Waals surface area contributed by atoms with Crippen LogP contribution in [0.5, 0.6) is 0 Å². The average molecular weight is 380 g/mol. The molecular weight excluding hydrogens is 360 g/mol. The predicted molar refractivity (Wildman–Crippen MR) is 108 cm³/mol. The maximum Gasteiger partial charge on any atom is 0.234 e. The average Bonchev–Trinajstić information content (AvgIpc) is 3.14. The Bertz CT molecular complexity index is 1180. The van der Waals surface area contributed by atoms with Gasteiger partial charge in [0.05, 0.1) is 16.8 Å². The number of anilines is 1.